The van der Waals surface area contributed by atoms with Crippen LogP contribution in [0.25, 0.3) is 0 Å². The number of hydrogen-bond donors (Lipinski definition) is 1. The van der Waals surface area contributed by atoms with Crippen molar-refractivity contribution in [3.8, 4) is 5.75 Å². The van der Waals surface area contributed by atoms with Crippen LogP contribution < -0.4 is 15.0 Å². The minimum absolute atomic E-state index is 0.500. The maximum absolute atomic E-state index is 6.02. The molecule has 1 atom stereocenters. The molecule has 0 unspecified atom stereocenters. The van der Waals surface area contributed by atoms with Gasteiger partial charge in [-0.25, -0.2) is 0 Å². The summed E-state index contributed by atoms with van der Waals surface area (Å²) in [6.07, 6.45) is 0. The number of hydrogen-bond acceptors (Lipinski definition) is 3. The number of benzene rings is 1. The summed E-state index contributed by atoms with van der Waals surface area (Å²) < 4.78 is 5.24. The topological polar surface area (TPSA) is 24.5 Å². The molecule has 2 rings (SSSR count). The highest BCUT2D eigenvalue weighted by Gasteiger charge is 2.18. The fraction of sp³-hybridized carbons (Fsp3) is 0.500. The van der Waals surface area contributed by atoms with E-state index >= 15 is 0 Å². The molecule has 0 aromatic heterocycles. The van der Waals surface area contributed by atoms with Crippen molar-refractivity contribution in [2.45, 2.75) is 13.0 Å². The second-order valence-corrected chi connectivity index (χ2v) is 4.47. The summed E-state index contributed by atoms with van der Waals surface area (Å²) in [4.78, 5) is 2.37. The Balaban J connectivity index is 2.25. The highest BCUT2D eigenvalue weighted by atomic mass is 35.5. The average molecular weight is 241 g/mol. The van der Waals surface area contributed by atoms with E-state index in [1.807, 2.05) is 18.2 Å². The molecule has 0 radical (unpaired) electrons. The molecule has 0 spiro atoms. The van der Waals surface area contributed by atoms with E-state index in [0.29, 0.717) is 11.1 Å². The first-order valence-electron chi connectivity index (χ1n) is 5.53. The van der Waals surface area contributed by atoms with Crippen LogP contribution in [0, 0.1) is 0 Å². The number of nitrogens with zero attached hydrogens (tertiary/aromatic N) is 1. The molecule has 0 aliphatic carbocycles. The number of rotatable bonds is 2. The third kappa shape index (κ3) is 2.25. The van der Waals surface area contributed by atoms with E-state index in [0.717, 1.165) is 25.4 Å². The number of nitrogens with one attached hydrogen (secondary N) is 1. The molecule has 4 heteroatoms. The number of ether oxygens (including phenoxy) is 1. The molecule has 1 aliphatic rings. The summed E-state index contributed by atoms with van der Waals surface area (Å²) in [7, 11) is 1.65. The van der Waals surface area contributed by atoms with Gasteiger partial charge in [0.25, 0.3) is 0 Å². The third-order valence-electron chi connectivity index (χ3n) is 2.97. The minimum atomic E-state index is 0.500. The summed E-state index contributed by atoms with van der Waals surface area (Å²) in [6.45, 7) is 5.28. The summed E-state index contributed by atoms with van der Waals surface area (Å²) in [5.41, 5.74) is 1.18. The van der Waals surface area contributed by atoms with E-state index in [-0.39, 0.29) is 0 Å². The van der Waals surface area contributed by atoms with Gasteiger partial charge in [0.1, 0.15) is 5.75 Å². The lowest BCUT2D eigenvalue weighted by atomic mass is 10.1. The molecular weight excluding hydrogens is 224 g/mol. The second-order valence-electron chi connectivity index (χ2n) is 4.07. The largest absolute Gasteiger partial charge is 0.495 e. The molecule has 3 nitrogen and oxygen atoms in total. The summed E-state index contributed by atoms with van der Waals surface area (Å²) in [5.74, 6) is 0.741. The second kappa shape index (κ2) is 4.93. The van der Waals surface area contributed by atoms with E-state index in [1.54, 1.807) is 7.11 Å². The molecule has 1 fully saturated rings. The Hall–Kier alpha value is -0.930. The fourth-order valence-electron chi connectivity index (χ4n) is 2.05. The van der Waals surface area contributed by atoms with Gasteiger partial charge < -0.3 is 15.0 Å². The SMILES string of the molecule is COc1cc(N2CCNC[C@@H]2C)ccc1Cl. The Morgan fingerprint density at radius 3 is 3.00 bits per heavy atom. The zero-order valence-corrected chi connectivity index (χ0v) is 10.4. The molecule has 1 aromatic rings. The number of piperazine rings is 1. The van der Waals surface area contributed by atoms with E-state index in [2.05, 4.69) is 17.1 Å². The molecule has 0 bridgehead atoms. The molecule has 88 valence electrons. The van der Waals surface area contributed by atoms with Gasteiger partial charge in [0, 0.05) is 37.4 Å². The maximum atomic E-state index is 6.02. The Morgan fingerprint density at radius 1 is 1.50 bits per heavy atom. The number of anilines is 1. The lowest BCUT2D eigenvalue weighted by molar-refractivity contribution is 0.414. The van der Waals surface area contributed by atoms with E-state index in [1.165, 1.54) is 5.69 Å². The first kappa shape index (κ1) is 11.6. The Morgan fingerprint density at radius 2 is 2.31 bits per heavy atom. The van der Waals surface area contributed by atoms with Crippen molar-refractivity contribution in [1.82, 2.24) is 5.32 Å². The Labute approximate surface area is 101 Å². The van der Waals surface area contributed by atoms with Gasteiger partial charge >= 0.3 is 0 Å². The van der Waals surface area contributed by atoms with Crippen LogP contribution in [0.1, 0.15) is 6.92 Å². The molecule has 1 heterocycles. The first-order valence-corrected chi connectivity index (χ1v) is 5.91. The molecule has 1 N–H and O–H groups in total. The van der Waals surface area contributed by atoms with Crippen molar-refractivity contribution >= 4 is 17.3 Å². The summed E-state index contributed by atoms with van der Waals surface area (Å²) >= 11 is 6.02. The molecule has 16 heavy (non-hydrogen) atoms. The van der Waals surface area contributed by atoms with Crippen molar-refractivity contribution < 1.29 is 4.74 Å². The van der Waals surface area contributed by atoms with Crippen molar-refractivity contribution in [2.75, 3.05) is 31.6 Å². The molecule has 0 saturated carbocycles. The van der Waals surface area contributed by atoms with E-state index in [4.69, 9.17) is 16.3 Å². The highest BCUT2D eigenvalue weighted by molar-refractivity contribution is 6.32. The number of halogens is 1. The lowest BCUT2D eigenvalue weighted by Crippen LogP contribution is -2.49. The zero-order valence-electron chi connectivity index (χ0n) is 9.66. The molecule has 1 saturated heterocycles. The standard InChI is InChI=1S/C12H17ClN2O/c1-9-8-14-5-6-15(9)10-3-4-11(13)12(7-10)16-2/h3-4,7,9,14H,5-6,8H2,1-2H3/t9-/m0/s1. The van der Waals surface area contributed by atoms with Crippen LogP contribution in [0.15, 0.2) is 18.2 Å². The maximum Gasteiger partial charge on any atom is 0.139 e. The van der Waals surface area contributed by atoms with Gasteiger partial charge in [-0.3, -0.25) is 0 Å². The summed E-state index contributed by atoms with van der Waals surface area (Å²) in [5, 5.41) is 4.04. The Bertz CT molecular complexity index is 370. The molecule has 0 amide bonds. The van der Waals surface area contributed by atoms with Crippen molar-refractivity contribution in [2.24, 2.45) is 0 Å². The molecule has 1 aliphatic heterocycles. The molecular formula is C12H17ClN2O. The molecule has 1 aromatic carbocycles. The minimum Gasteiger partial charge on any atom is -0.495 e. The van der Waals surface area contributed by atoms with Gasteiger partial charge in [-0.05, 0) is 19.1 Å². The quantitative estimate of drug-likeness (QED) is 0.857. The van der Waals surface area contributed by atoms with Crippen LogP contribution in [-0.2, 0) is 0 Å². The van der Waals surface area contributed by atoms with Gasteiger partial charge in [-0.15, -0.1) is 0 Å². The first-order chi connectivity index (χ1) is 7.72. The smallest absolute Gasteiger partial charge is 0.139 e. The van der Waals surface area contributed by atoms with Gasteiger partial charge in [-0.1, -0.05) is 11.6 Å². The van der Waals surface area contributed by atoms with E-state index < -0.39 is 0 Å². The van der Waals surface area contributed by atoms with Gasteiger partial charge in [0.15, 0.2) is 0 Å². The zero-order chi connectivity index (χ0) is 11.5. The predicted octanol–water partition coefficient (Wildman–Crippen LogP) is 2.15. The van der Waals surface area contributed by atoms with E-state index in [9.17, 15) is 0 Å². The van der Waals surface area contributed by atoms with Gasteiger partial charge in [0.2, 0.25) is 0 Å². The average Bonchev–Trinajstić information content (AvgIpc) is 2.31. The van der Waals surface area contributed by atoms with Crippen LogP contribution in [-0.4, -0.2) is 32.8 Å². The van der Waals surface area contributed by atoms with Crippen LogP contribution in [0.3, 0.4) is 0 Å². The van der Waals surface area contributed by atoms with Crippen LogP contribution in [0.2, 0.25) is 5.02 Å². The van der Waals surface area contributed by atoms with Crippen LogP contribution >= 0.6 is 11.6 Å². The predicted molar refractivity (Wildman–Crippen MR) is 67.7 cm³/mol. The van der Waals surface area contributed by atoms with Crippen molar-refractivity contribution in [3.63, 3.8) is 0 Å². The third-order valence-corrected chi connectivity index (χ3v) is 3.28. The van der Waals surface area contributed by atoms with Crippen LogP contribution in [0.4, 0.5) is 5.69 Å². The van der Waals surface area contributed by atoms with Crippen molar-refractivity contribution in [3.05, 3.63) is 23.2 Å². The van der Waals surface area contributed by atoms with Crippen molar-refractivity contribution in [1.29, 1.82) is 0 Å². The summed E-state index contributed by atoms with van der Waals surface area (Å²) in [6, 6.07) is 6.45. The van der Waals surface area contributed by atoms with Gasteiger partial charge in [0.05, 0.1) is 12.1 Å². The monoisotopic (exact) mass is 240 g/mol. The fourth-order valence-corrected chi connectivity index (χ4v) is 2.25. The highest BCUT2D eigenvalue weighted by Crippen LogP contribution is 2.30. The lowest BCUT2D eigenvalue weighted by Gasteiger charge is -2.36. The normalized spacial score (nSPS) is 20.9. The van der Waals surface area contributed by atoms with Gasteiger partial charge in [-0.2, -0.15) is 0 Å². The Kier molecular flexibility index (Phi) is 3.56. The number of methoxy groups -OCH3 is 1. The van der Waals surface area contributed by atoms with Crippen LogP contribution in [0.5, 0.6) is 5.75 Å².